The van der Waals surface area contributed by atoms with E-state index in [9.17, 15) is 4.79 Å². The van der Waals surface area contributed by atoms with Crippen molar-refractivity contribution >= 4 is 41.5 Å². The zero-order chi connectivity index (χ0) is 21.8. The van der Waals surface area contributed by atoms with Gasteiger partial charge in [0.25, 0.3) is 5.91 Å². The van der Waals surface area contributed by atoms with Crippen LogP contribution < -0.4 is 30.2 Å². The smallest absolute Gasteiger partial charge is 0.251 e. The maximum absolute atomic E-state index is 12.3. The van der Waals surface area contributed by atoms with Crippen molar-refractivity contribution in [3.8, 4) is 17.2 Å². The molecule has 0 heterocycles. The van der Waals surface area contributed by atoms with Gasteiger partial charge >= 0.3 is 0 Å². The predicted molar refractivity (Wildman–Crippen MR) is 135 cm³/mol. The van der Waals surface area contributed by atoms with Crippen LogP contribution in [0.5, 0.6) is 17.2 Å². The lowest BCUT2D eigenvalue weighted by atomic mass is 10.2. The molecule has 170 valence electrons. The molecular weight excluding hydrogens is 511 g/mol. The number of halogens is 1. The first-order valence-electron chi connectivity index (χ1n) is 9.89. The number of nitrogens with zero attached hydrogens (tertiary/aromatic N) is 1. The molecule has 1 amide bonds. The summed E-state index contributed by atoms with van der Waals surface area (Å²) in [6.45, 7) is 5.97. The second-order valence-corrected chi connectivity index (χ2v) is 6.17. The van der Waals surface area contributed by atoms with Crippen molar-refractivity contribution in [1.82, 2.24) is 10.6 Å². The Labute approximate surface area is 200 Å². The highest BCUT2D eigenvalue weighted by atomic mass is 127. The van der Waals surface area contributed by atoms with E-state index in [1.807, 2.05) is 32.0 Å². The molecule has 2 aromatic carbocycles. The molecule has 0 aliphatic carbocycles. The molecule has 0 saturated heterocycles. The van der Waals surface area contributed by atoms with E-state index in [-0.39, 0.29) is 29.9 Å². The zero-order valence-electron chi connectivity index (χ0n) is 18.4. The van der Waals surface area contributed by atoms with E-state index in [0.717, 1.165) is 5.69 Å². The fourth-order valence-electron chi connectivity index (χ4n) is 2.67. The van der Waals surface area contributed by atoms with E-state index in [2.05, 4.69) is 20.9 Å². The Hall–Kier alpha value is -2.69. The highest BCUT2D eigenvalue weighted by Gasteiger charge is 2.08. The normalized spacial score (nSPS) is 10.5. The molecule has 0 aliphatic rings. The number of aliphatic imine (C=N–C) groups is 1. The van der Waals surface area contributed by atoms with Gasteiger partial charge in [0.15, 0.2) is 17.5 Å². The summed E-state index contributed by atoms with van der Waals surface area (Å²) in [5, 5.41) is 9.28. The number of hydrogen-bond acceptors (Lipinski definition) is 5. The Kier molecular flexibility index (Phi) is 12.2. The fraction of sp³-hybridized carbons (Fsp3) is 0.364. The van der Waals surface area contributed by atoms with Crippen LogP contribution in [0, 0.1) is 0 Å². The minimum Gasteiger partial charge on any atom is -0.497 e. The third kappa shape index (κ3) is 8.52. The van der Waals surface area contributed by atoms with Gasteiger partial charge in [-0.05, 0) is 44.2 Å². The van der Waals surface area contributed by atoms with Crippen LogP contribution in [0.2, 0.25) is 0 Å². The molecule has 3 N–H and O–H groups in total. The van der Waals surface area contributed by atoms with Crippen LogP contribution in [0.25, 0.3) is 0 Å². The molecule has 8 nitrogen and oxygen atoms in total. The van der Waals surface area contributed by atoms with Gasteiger partial charge in [0.2, 0.25) is 0 Å². The van der Waals surface area contributed by atoms with Crippen LogP contribution in [0.15, 0.2) is 47.5 Å². The van der Waals surface area contributed by atoms with Gasteiger partial charge in [0, 0.05) is 30.4 Å². The van der Waals surface area contributed by atoms with E-state index in [1.165, 1.54) is 0 Å². The Balaban J connectivity index is 0.00000480. The molecule has 0 atom stereocenters. The number of rotatable bonds is 10. The third-order valence-electron chi connectivity index (χ3n) is 4.07. The quantitative estimate of drug-likeness (QED) is 0.184. The maximum atomic E-state index is 12.3. The third-order valence-corrected chi connectivity index (χ3v) is 4.07. The molecule has 0 bridgehead atoms. The Morgan fingerprint density at radius 1 is 1.00 bits per heavy atom. The van der Waals surface area contributed by atoms with Gasteiger partial charge in [-0.25, -0.2) is 0 Å². The van der Waals surface area contributed by atoms with Gasteiger partial charge in [0.05, 0.1) is 27.4 Å². The maximum Gasteiger partial charge on any atom is 0.251 e. The van der Waals surface area contributed by atoms with E-state index >= 15 is 0 Å². The number of guanidine groups is 1. The predicted octanol–water partition coefficient (Wildman–Crippen LogP) is 3.53. The number of amides is 1. The van der Waals surface area contributed by atoms with Crippen LogP contribution >= 0.6 is 24.0 Å². The standard InChI is InChI=1S/C22H30N4O4.HI/c1-5-23-22(26-17-10-11-19(29-4)20(15-17)30-6-2)25-13-12-24-21(27)16-8-7-9-18(14-16)28-3;/h7-11,14-15H,5-6,12-13H2,1-4H3,(H,24,27)(H2,23,25,26);1H. The van der Waals surface area contributed by atoms with Gasteiger partial charge in [-0.2, -0.15) is 0 Å². The molecule has 0 aromatic heterocycles. The van der Waals surface area contributed by atoms with Crippen LogP contribution in [0.3, 0.4) is 0 Å². The van der Waals surface area contributed by atoms with Crippen LogP contribution in [-0.4, -0.2) is 52.3 Å². The summed E-state index contributed by atoms with van der Waals surface area (Å²) in [5.41, 5.74) is 1.37. The van der Waals surface area contributed by atoms with Gasteiger partial charge < -0.3 is 30.2 Å². The lowest BCUT2D eigenvalue weighted by molar-refractivity contribution is 0.0954. The van der Waals surface area contributed by atoms with Crippen LogP contribution in [0.1, 0.15) is 24.2 Å². The first-order valence-corrected chi connectivity index (χ1v) is 9.89. The summed E-state index contributed by atoms with van der Waals surface area (Å²) in [7, 11) is 3.18. The monoisotopic (exact) mass is 542 g/mol. The summed E-state index contributed by atoms with van der Waals surface area (Å²) in [6.07, 6.45) is 0. The minimum atomic E-state index is -0.168. The molecule has 2 rings (SSSR count). The first kappa shape index (κ1) is 26.3. The molecule has 0 spiro atoms. The number of nitrogens with one attached hydrogen (secondary N) is 3. The number of hydrogen-bond donors (Lipinski definition) is 3. The van der Waals surface area contributed by atoms with Crippen LogP contribution in [0.4, 0.5) is 5.69 Å². The summed E-state index contributed by atoms with van der Waals surface area (Å²) < 4.78 is 16.1. The van der Waals surface area contributed by atoms with E-state index in [1.54, 1.807) is 38.5 Å². The number of methoxy groups -OCH3 is 2. The van der Waals surface area contributed by atoms with Crippen molar-refractivity contribution in [1.29, 1.82) is 0 Å². The molecule has 9 heteroatoms. The number of anilines is 1. The van der Waals surface area contributed by atoms with Crippen LogP contribution in [-0.2, 0) is 0 Å². The molecule has 31 heavy (non-hydrogen) atoms. The highest BCUT2D eigenvalue weighted by molar-refractivity contribution is 14.0. The summed E-state index contributed by atoms with van der Waals surface area (Å²) in [4.78, 5) is 16.8. The van der Waals surface area contributed by atoms with Crippen molar-refractivity contribution < 1.29 is 19.0 Å². The summed E-state index contributed by atoms with van der Waals surface area (Å²) >= 11 is 0. The Morgan fingerprint density at radius 3 is 2.48 bits per heavy atom. The lowest BCUT2D eigenvalue weighted by Crippen LogP contribution is -2.32. The van der Waals surface area contributed by atoms with Gasteiger partial charge in [-0.1, -0.05) is 6.07 Å². The van der Waals surface area contributed by atoms with Crippen molar-refractivity contribution in [3.05, 3.63) is 48.0 Å². The molecule has 0 radical (unpaired) electrons. The minimum absolute atomic E-state index is 0. The van der Waals surface area contributed by atoms with E-state index in [4.69, 9.17) is 14.2 Å². The molecule has 0 aliphatic heterocycles. The van der Waals surface area contributed by atoms with E-state index in [0.29, 0.717) is 55.0 Å². The molecule has 2 aromatic rings. The van der Waals surface area contributed by atoms with Crippen molar-refractivity contribution in [2.45, 2.75) is 13.8 Å². The molecule has 0 saturated carbocycles. The molecule has 0 fully saturated rings. The molecular formula is C22H31IN4O4. The van der Waals surface area contributed by atoms with E-state index < -0.39 is 0 Å². The highest BCUT2D eigenvalue weighted by Crippen LogP contribution is 2.30. The topological polar surface area (TPSA) is 93.2 Å². The number of benzene rings is 2. The van der Waals surface area contributed by atoms with Gasteiger partial charge in [-0.15, -0.1) is 24.0 Å². The van der Waals surface area contributed by atoms with Gasteiger partial charge in [-0.3, -0.25) is 9.79 Å². The van der Waals surface area contributed by atoms with Crippen molar-refractivity contribution in [2.75, 3.05) is 45.8 Å². The average Bonchev–Trinajstić information content (AvgIpc) is 2.77. The molecule has 0 unspecified atom stereocenters. The number of carbonyl (C=O) groups is 1. The van der Waals surface area contributed by atoms with Crippen molar-refractivity contribution in [3.63, 3.8) is 0 Å². The second-order valence-electron chi connectivity index (χ2n) is 6.17. The second kappa shape index (κ2) is 14.3. The first-order chi connectivity index (χ1) is 14.6. The largest absolute Gasteiger partial charge is 0.497 e. The zero-order valence-corrected chi connectivity index (χ0v) is 20.7. The SMILES string of the molecule is CCNC(=NCCNC(=O)c1cccc(OC)c1)Nc1ccc(OC)c(OCC)c1.I. The average molecular weight is 542 g/mol. The summed E-state index contributed by atoms with van der Waals surface area (Å²) in [5.74, 6) is 2.42. The Morgan fingerprint density at radius 2 is 1.81 bits per heavy atom. The fourth-order valence-corrected chi connectivity index (χ4v) is 2.67. The Bertz CT molecular complexity index is 861. The summed E-state index contributed by atoms with van der Waals surface area (Å²) in [6, 6.07) is 12.6. The number of carbonyl (C=O) groups excluding carboxylic acids is 1. The number of ether oxygens (including phenoxy) is 3. The van der Waals surface area contributed by atoms with Crippen molar-refractivity contribution in [2.24, 2.45) is 4.99 Å². The lowest BCUT2D eigenvalue weighted by Gasteiger charge is -2.14. The van der Waals surface area contributed by atoms with Gasteiger partial charge in [0.1, 0.15) is 5.75 Å².